The third-order valence-electron chi connectivity index (χ3n) is 3.17. The van der Waals surface area contributed by atoms with Crippen LogP contribution in [0, 0.1) is 5.92 Å². The van der Waals surface area contributed by atoms with E-state index in [0.717, 1.165) is 25.9 Å². The van der Waals surface area contributed by atoms with Gasteiger partial charge in [0.25, 0.3) is 0 Å². The molecular formula is C9H15NO3. The molecule has 3 atom stereocenters. The van der Waals surface area contributed by atoms with E-state index < -0.39 is 0 Å². The second-order valence-electron chi connectivity index (χ2n) is 3.80. The lowest BCUT2D eigenvalue weighted by atomic mass is 9.97. The molecule has 13 heavy (non-hydrogen) atoms. The highest BCUT2D eigenvalue weighted by atomic mass is 16.5. The number of rotatable bonds is 1. The van der Waals surface area contributed by atoms with E-state index in [0.29, 0.717) is 0 Å². The summed E-state index contributed by atoms with van der Waals surface area (Å²) in [6, 6.07) is 0.0208. The van der Waals surface area contributed by atoms with Gasteiger partial charge in [0.2, 0.25) is 0 Å². The Balaban J connectivity index is 2.10. The fourth-order valence-corrected chi connectivity index (χ4v) is 2.53. The van der Waals surface area contributed by atoms with Crippen molar-refractivity contribution in [3.8, 4) is 0 Å². The molecule has 0 unspecified atom stereocenters. The summed E-state index contributed by atoms with van der Waals surface area (Å²) in [7, 11) is 1.41. The van der Waals surface area contributed by atoms with E-state index in [2.05, 4.69) is 4.90 Å². The average Bonchev–Trinajstić information content (AvgIpc) is 2.68. The first-order valence-electron chi connectivity index (χ1n) is 4.74. The summed E-state index contributed by atoms with van der Waals surface area (Å²) in [6.45, 7) is 1.83. The summed E-state index contributed by atoms with van der Waals surface area (Å²) in [4.78, 5) is 13.5. The van der Waals surface area contributed by atoms with Gasteiger partial charge in [-0.25, -0.2) is 0 Å². The Labute approximate surface area is 77.5 Å². The zero-order chi connectivity index (χ0) is 9.42. The Bertz CT molecular complexity index is 219. The van der Waals surface area contributed by atoms with Crippen LogP contribution in [-0.2, 0) is 9.53 Å². The maximum Gasteiger partial charge on any atom is 0.310 e. The number of ether oxygens (including phenoxy) is 1. The van der Waals surface area contributed by atoms with Gasteiger partial charge in [-0.3, -0.25) is 9.69 Å². The fourth-order valence-electron chi connectivity index (χ4n) is 2.53. The largest absolute Gasteiger partial charge is 0.469 e. The number of fused-ring (bicyclic) bond motifs is 1. The van der Waals surface area contributed by atoms with E-state index in [-0.39, 0.29) is 24.0 Å². The molecule has 0 aromatic rings. The van der Waals surface area contributed by atoms with Crippen LogP contribution in [0.3, 0.4) is 0 Å². The van der Waals surface area contributed by atoms with Gasteiger partial charge in [0.15, 0.2) is 0 Å². The molecule has 0 aromatic heterocycles. The lowest BCUT2D eigenvalue weighted by Crippen LogP contribution is -2.37. The topological polar surface area (TPSA) is 49.8 Å². The third-order valence-corrected chi connectivity index (χ3v) is 3.17. The second-order valence-corrected chi connectivity index (χ2v) is 3.80. The Morgan fingerprint density at radius 2 is 2.15 bits per heavy atom. The van der Waals surface area contributed by atoms with E-state index in [4.69, 9.17) is 4.74 Å². The number of nitrogens with zero attached hydrogens (tertiary/aromatic N) is 1. The Morgan fingerprint density at radius 3 is 2.85 bits per heavy atom. The zero-order valence-electron chi connectivity index (χ0n) is 7.77. The molecule has 2 aliphatic rings. The van der Waals surface area contributed by atoms with Gasteiger partial charge < -0.3 is 9.84 Å². The number of esters is 1. The van der Waals surface area contributed by atoms with Crippen LogP contribution in [0.2, 0.25) is 0 Å². The average molecular weight is 185 g/mol. The molecule has 4 heteroatoms. The van der Waals surface area contributed by atoms with Crippen LogP contribution >= 0.6 is 0 Å². The molecule has 1 N–H and O–H groups in total. The zero-order valence-corrected chi connectivity index (χ0v) is 7.77. The van der Waals surface area contributed by atoms with Gasteiger partial charge in [-0.15, -0.1) is 0 Å². The summed E-state index contributed by atoms with van der Waals surface area (Å²) >= 11 is 0. The molecule has 0 radical (unpaired) electrons. The number of aliphatic hydroxyl groups is 1. The first-order chi connectivity index (χ1) is 6.24. The van der Waals surface area contributed by atoms with E-state index in [1.54, 1.807) is 0 Å². The summed E-state index contributed by atoms with van der Waals surface area (Å²) in [5.41, 5.74) is 0. The summed E-state index contributed by atoms with van der Waals surface area (Å²) in [5, 5.41) is 9.66. The SMILES string of the molecule is COC(=O)[C@H]1CCN2CC[C@@H](O)[C@@H]12. The summed E-state index contributed by atoms with van der Waals surface area (Å²) in [5.74, 6) is -0.282. The molecule has 2 rings (SSSR count). The molecule has 0 spiro atoms. The van der Waals surface area contributed by atoms with Crippen LogP contribution in [0.5, 0.6) is 0 Å². The van der Waals surface area contributed by atoms with Crippen LogP contribution in [0.4, 0.5) is 0 Å². The van der Waals surface area contributed by atoms with Crippen LogP contribution < -0.4 is 0 Å². The predicted octanol–water partition coefficient (Wildman–Crippen LogP) is -0.386. The van der Waals surface area contributed by atoms with Gasteiger partial charge in [0.05, 0.1) is 19.1 Å². The van der Waals surface area contributed by atoms with Crippen molar-refractivity contribution in [1.82, 2.24) is 4.90 Å². The molecule has 2 heterocycles. The Morgan fingerprint density at radius 1 is 1.46 bits per heavy atom. The molecule has 0 aromatic carbocycles. The minimum Gasteiger partial charge on any atom is -0.469 e. The minimum absolute atomic E-state index is 0.0208. The second kappa shape index (κ2) is 3.27. The lowest BCUT2D eigenvalue weighted by molar-refractivity contribution is -0.147. The Hall–Kier alpha value is -0.610. The van der Waals surface area contributed by atoms with Crippen molar-refractivity contribution in [2.24, 2.45) is 5.92 Å². The van der Waals surface area contributed by atoms with Crippen molar-refractivity contribution in [3.63, 3.8) is 0 Å². The molecule has 74 valence electrons. The molecule has 0 aliphatic carbocycles. The van der Waals surface area contributed by atoms with Crippen molar-refractivity contribution in [2.45, 2.75) is 25.0 Å². The van der Waals surface area contributed by atoms with Gasteiger partial charge in [-0.05, 0) is 19.4 Å². The van der Waals surface area contributed by atoms with Crippen LogP contribution in [0.1, 0.15) is 12.8 Å². The van der Waals surface area contributed by atoms with Crippen LogP contribution in [-0.4, -0.2) is 48.3 Å². The standard InChI is InChI=1S/C9H15NO3/c1-13-9(12)6-2-4-10-5-3-7(11)8(6)10/h6-8,11H,2-5H2,1H3/t6-,7+,8+/m0/s1. The van der Waals surface area contributed by atoms with Crippen LogP contribution in [0.15, 0.2) is 0 Å². The number of carbonyl (C=O) groups excluding carboxylic acids is 1. The van der Waals surface area contributed by atoms with Crippen molar-refractivity contribution >= 4 is 5.97 Å². The van der Waals surface area contributed by atoms with Crippen molar-refractivity contribution in [1.29, 1.82) is 0 Å². The first-order valence-corrected chi connectivity index (χ1v) is 4.74. The molecule has 0 bridgehead atoms. The van der Waals surface area contributed by atoms with Crippen molar-refractivity contribution < 1.29 is 14.6 Å². The minimum atomic E-state index is -0.341. The number of methoxy groups -OCH3 is 1. The number of hydrogen-bond acceptors (Lipinski definition) is 4. The molecular weight excluding hydrogens is 170 g/mol. The number of hydrogen-bond donors (Lipinski definition) is 1. The third kappa shape index (κ3) is 1.34. The first kappa shape index (κ1) is 8.97. The lowest BCUT2D eigenvalue weighted by Gasteiger charge is -2.21. The Kier molecular flexibility index (Phi) is 2.26. The maximum absolute atomic E-state index is 11.3. The van der Waals surface area contributed by atoms with Gasteiger partial charge in [-0.2, -0.15) is 0 Å². The van der Waals surface area contributed by atoms with Gasteiger partial charge >= 0.3 is 5.97 Å². The quantitative estimate of drug-likeness (QED) is 0.565. The van der Waals surface area contributed by atoms with Crippen molar-refractivity contribution in [2.75, 3.05) is 20.2 Å². The highest BCUT2D eigenvalue weighted by Gasteiger charge is 2.46. The molecule has 0 saturated carbocycles. The van der Waals surface area contributed by atoms with E-state index in [9.17, 15) is 9.90 Å². The molecule has 2 aliphatic heterocycles. The smallest absolute Gasteiger partial charge is 0.310 e. The highest BCUT2D eigenvalue weighted by molar-refractivity contribution is 5.73. The van der Waals surface area contributed by atoms with Gasteiger partial charge in [-0.1, -0.05) is 0 Å². The monoisotopic (exact) mass is 185 g/mol. The van der Waals surface area contributed by atoms with Crippen LogP contribution in [0.25, 0.3) is 0 Å². The van der Waals surface area contributed by atoms with E-state index in [1.165, 1.54) is 7.11 Å². The van der Waals surface area contributed by atoms with E-state index in [1.807, 2.05) is 0 Å². The number of carbonyl (C=O) groups is 1. The van der Waals surface area contributed by atoms with E-state index >= 15 is 0 Å². The molecule has 2 fully saturated rings. The summed E-state index contributed by atoms with van der Waals surface area (Å²) in [6.07, 6.45) is 1.28. The predicted molar refractivity (Wildman–Crippen MR) is 46.1 cm³/mol. The maximum atomic E-state index is 11.3. The summed E-state index contributed by atoms with van der Waals surface area (Å²) < 4.78 is 4.71. The van der Waals surface area contributed by atoms with Gasteiger partial charge in [0.1, 0.15) is 0 Å². The number of aliphatic hydroxyl groups excluding tert-OH is 1. The highest BCUT2D eigenvalue weighted by Crippen LogP contribution is 2.33. The molecule has 4 nitrogen and oxygen atoms in total. The van der Waals surface area contributed by atoms with Gasteiger partial charge in [0, 0.05) is 12.6 Å². The fraction of sp³-hybridized carbons (Fsp3) is 0.889. The van der Waals surface area contributed by atoms with Crippen molar-refractivity contribution in [3.05, 3.63) is 0 Å². The molecule has 2 saturated heterocycles. The molecule has 0 amide bonds. The normalized spacial score (nSPS) is 39.1.